The van der Waals surface area contributed by atoms with Gasteiger partial charge in [-0.1, -0.05) is 0 Å². The second-order valence-corrected chi connectivity index (χ2v) is 6.78. The van der Waals surface area contributed by atoms with E-state index in [9.17, 15) is 0 Å². The summed E-state index contributed by atoms with van der Waals surface area (Å²) in [5.74, 6) is 0. The van der Waals surface area contributed by atoms with Crippen LogP contribution in [0, 0.1) is 0 Å². The summed E-state index contributed by atoms with van der Waals surface area (Å²) in [5, 5.41) is 0. The summed E-state index contributed by atoms with van der Waals surface area (Å²) in [7, 11) is 2.18. The van der Waals surface area contributed by atoms with Gasteiger partial charge in [-0.3, -0.25) is 0 Å². The Morgan fingerprint density at radius 1 is 1.44 bits per heavy atom. The standard InChI is InChI=1S/C13H19N2.Hg/c1-4-11-7-6-8-12(13(11)14)9-10-15(3)5-2;/h4,6-8H,1-2,5,9-10,14H2,3H3;. The Labute approximate surface area is 114 Å². The number of hydrogen-bond acceptors (Lipinski definition) is 2. The normalized spacial score (nSPS) is 10.8. The van der Waals surface area contributed by atoms with E-state index in [1.165, 1.54) is 16.0 Å². The number of likely N-dealkylation sites (N-methyl/N-ethyl adjacent to an activating group) is 1. The van der Waals surface area contributed by atoms with Gasteiger partial charge in [-0.25, -0.2) is 0 Å². The maximum atomic E-state index is 6.07. The van der Waals surface area contributed by atoms with Crippen LogP contribution in [-0.4, -0.2) is 25.0 Å². The minimum absolute atomic E-state index is 0.889. The molecule has 0 fully saturated rings. The van der Waals surface area contributed by atoms with Crippen LogP contribution in [0.4, 0.5) is 5.69 Å². The van der Waals surface area contributed by atoms with Crippen LogP contribution in [0.1, 0.15) is 11.1 Å². The zero-order valence-electron chi connectivity index (χ0n) is 10.1. The van der Waals surface area contributed by atoms with Crippen molar-refractivity contribution in [3.05, 3.63) is 35.9 Å². The second-order valence-electron chi connectivity index (χ2n) is 4.03. The van der Waals surface area contributed by atoms with Crippen LogP contribution >= 0.6 is 0 Å². The summed E-state index contributed by atoms with van der Waals surface area (Å²) in [6.07, 6.45) is 2.85. The summed E-state index contributed by atoms with van der Waals surface area (Å²) in [4.78, 5) is 2.38. The predicted molar refractivity (Wildman–Crippen MR) is 67.0 cm³/mol. The first-order chi connectivity index (χ1) is 7.69. The zero-order chi connectivity index (χ0) is 12.0. The third kappa shape index (κ3) is 3.91. The fourth-order valence-corrected chi connectivity index (χ4v) is 3.82. The molecule has 1 rings (SSSR count). The zero-order valence-corrected chi connectivity index (χ0v) is 15.6. The number of para-hydroxylation sites is 1. The predicted octanol–water partition coefficient (Wildman–Crippen LogP) is 2.35. The van der Waals surface area contributed by atoms with E-state index in [0.29, 0.717) is 0 Å². The van der Waals surface area contributed by atoms with Gasteiger partial charge in [0, 0.05) is 0 Å². The van der Waals surface area contributed by atoms with E-state index in [0.717, 1.165) is 50.3 Å². The fourth-order valence-electron chi connectivity index (χ4n) is 1.72. The number of anilines is 1. The summed E-state index contributed by atoms with van der Waals surface area (Å²) in [6, 6.07) is 6.17. The Morgan fingerprint density at radius 2 is 2.19 bits per heavy atom. The van der Waals surface area contributed by atoms with E-state index in [-0.39, 0.29) is 0 Å². The minimum atomic E-state index is 0.889. The Kier molecular flexibility index (Phi) is 6.06. The Morgan fingerprint density at radius 3 is 2.81 bits per heavy atom. The van der Waals surface area contributed by atoms with E-state index in [2.05, 4.69) is 30.7 Å². The van der Waals surface area contributed by atoms with Gasteiger partial charge in [0.05, 0.1) is 0 Å². The average molecular weight is 404 g/mol. The van der Waals surface area contributed by atoms with Gasteiger partial charge in [-0.05, 0) is 0 Å². The topological polar surface area (TPSA) is 29.3 Å². The third-order valence-corrected chi connectivity index (χ3v) is 3.98. The number of rotatable bonds is 6. The molecular formula is C13H19HgN2. The molecule has 0 atom stereocenters. The number of nitrogens with zero attached hydrogens (tertiary/aromatic N) is 1. The van der Waals surface area contributed by atoms with Crippen LogP contribution in [0.3, 0.4) is 0 Å². The first-order valence-electron chi connectivity index (χ1n) is 5.66. The molecule has 83 valence electrons. The van der Waals surface area contributed by atoms with Gasteiger partial charge in [0.25, 0.3) is 0 Å². The summed E-state index contributed by atoms with van der Waals surface area (Å²) >= 11 is 0.916. The average Bonchev–Trinajstić information content (AvgIpc) is 2.28. The first kappa shape index (κ1) is 13.7. The first-order valence-corrected chi connectivity index (χ1v) is 9.55. The van der Waals surface area contributed by atoms with E-state index < -0.39 is 0 Å². The fraction of sp³-hybridized carbons (Fsp3) is 0.385. The Balaban J connectivity index is 2.63. The summed E-state index contributed by atoms with van der Waals surface area (Å²) < 4.78 is 1.39. The molecule has 16 heavy (non-hydrogen) atoms. The van der Waals surface area contributed by atoms with Gasteiger partial charge in [-0.15, -0.1) is 0 Å². The van der Waals surface area contributed by atoms with Crippen molar-refractivity contribution in [1.82, 2.24) is 4.90 Å². The van der Waals surface area contributed by atoms with Gasteiger partial charge in [0.2, 0.25) is 0 Å². The molecule has 3 heteroatoms. The van der Waals surface area contributed by atoms with Crippen molar-refractivity contribution in [3.63, 3.8) is 0 Å². The number of hydrogen-bond donors (Lipinski definition) is 1. The molecule has 0 bridgehead atoms. The van der Waals surface area contributed by atoms with Crippen molar-refractivity contribution in [2.24, 2.45) is 0 Å². The van der Waals surface area contributed by atoms with E-state index in [1.54, 1.807) is 0 Å². The van der Waals surface area contributed by atoms with Crippen molar-refractivity contribution < 1.29 is 26.1 Å². The van der Waals surface area contributed by atoms with Crippen LogP contribution < -0.4 is 5.73 Å². The molecule has 0 heterocycles. The molecule has 0 aliphatic carbocycles. The molecule has 2 nitrogen and oxygen atoms in total. The molecule has 2 N–H and O–H groups in total. The molecular weight excluding hydrogens is 385 g/mol. The summed E-state index contributed by atoms with van der Waals surface area (Å²) in [5.41, 5.74) is 9.25. The molecule has 0 unspecified atom stereocenters. The van der Waals surface area contributed by atoms with Gasteiger partial charge >= 0.3 is 115 Å². The Bertz CT molecular complexity index is 350. The van der Waals surface area contributed by atoms with E-state index in [4.69, 9.17) is 5.73 Å². The molecule has 0 aromatic heterocycles. The van der Waals surface area contributed by atoms with Gasteiger partial charge in [-0.2, -0.15) is 0 Å². The number of benzene rings is 1. The van der Waals surface area contributed by atoms with Gasteiger partial charge in [0.1, 0.15) is 0 Å². The van der Waals surface area contributed by atoms with Crippen molar-refractivity contribution in [1.29, 1.82) is 0 Å². The summed E-state index contributed by atoms with van der Waals surface area (Å²) in [6.45, 7) is 6.09. The molecule has 0 aliphatic heterocycles. The van der Waals surface area contributed by atoms with Gasteiger partial charge < -0.3 is 0 Å². The third-order valence-electron chi connectivity index (χ3n) is 2.75. The maximum absolute atomic E-state index is 6.07. The molecule has 0 radical (unpaired) electrons. The van der Waals surface area contributed by atoms with Crippen molar-refractivity contribution in [3.8, 4) is 0 Å². The molecule has 0 saturated heterocycles. The van der Waals surface area contributed by atoms with Gasteiger partial charge in [0.15, 0.2) is 0 Å². The van der Waals surface area contributed by atoms with Crippen molar-refractivity contribution in [2.45, 2.75) is 10.4 Å². The second kappa shape index (κ2) is 7.07. The number of nitrogen functional groups attached to an aromatic ring is 1. The molecule has 0 aliphatic rings. The van der Waals surface area contributed by atoms with Crippen molar-refractivity contribution in [2.75, 3.05) is 25.9 Å². The molecule has 0 amide bonds. The molecule has 0 spiro atoms. The Hall–Kier alpha value is -0.345. The molecule has 1 aromatic carbocycles. The molecule has 0 saturated carbocycles. The van der Waals surface area contributed by atoms with Crippen LogP contribution in [0.15, 0.2) is 24.8 Å². The van der Waals surface area contributed by atoms with Crippen LogP contribution in [0.2, 0.25) is 3.93 Å². The molecule has 1 aromatic rings. The van der Waals surface area contributed by atoms with E-state index >= 15 is 0 Å². The quantitative estimate of drug-likeness (QED) is 0.583. The monoisotopic (exact) mass is 405 g/mol. The van der Waals surface area contributed by atoms with Crippen LogP contribution in [-0.2, 0) is 32.5 Å². The van der Waals surface area contributed by atoms with Crippen molar-refractivity contribution >= 4 is 11.8 Å². The number of nitrogens with two attached hydrogens (primary N) is 1. The van der Waals surface area contributed by atoms with Crippen LogP contribution in [0.5, 0.6) is 0 Å². The SMILES string of the molecule is C=Cc1cccc(CCN(C)C[CH2][Hg])c1N. The van der Waals surface area contributed by atoms with Crippen LogP contribution in [0.25, 0.3) is 6.08 Å². The van der Waals surface area contributed by atoms with E-state index in [1.807, 2.05) is 12.1 Å².